The molecule has 0 aliphatic heterocycles. The summed E-state index contributed by atoms with van der Waals surface area (Å²) in [4.78, 5) is 41.8. The Morgan fingerprint density at radius 1 is 1.03 bits per heavy atom. The molecule has 8 heteroatoms. The van der Waals surface area contributed by atoms with Gasteiger partial charge < -0.3 is 20.3 Å². The molecular formula is C31H41N3O4S. The second kappa shape index (κ2) is 15.8. The standard InChI is InChI=1S/C31H41N3O4S/c1-6-8-9-13-20-34(29(36)26(22-39)33-30(37)38-31(3,4)5)27(25-18-16-23(7-2)17-19-25)28(35)32-21-24-14-11-10-12-15-24/h2,10-12,14-19,26-27,39H,6,8-9,13,20-22H2,1,3-5H3,(H,32,35)(H,33,37). The van der Waals surface area contributed by atoms with Gasteiger partial charge in [0.15, 0.2) is 0 Å². The molecule has 0 aromatic heterocycles. The molecule has 2 atom stereocenters. The van der Waals surface area contributed by atoms with Crippen molar-refractivity contribution >= 4 is 30.5 Å². The third kappa shape index (κ3) is 10.7. The summed E-state index contributed by atoms with van der Waals surface area (Å²) in [6.07, 6.45) is 8.47. The quantitative estimate of drug-likeness (QED) is 0.180. The summed E-state index contributed by atoms with van der Waals surface area (Å²) in [5, 5.41) is 5.63. The summed E-state index contributed by atoms with van der Waals surface area (Å²) in [5.41, 5.74) is 1.50. The summed E-state index contributed by atoms with van der Waals surface area (Å²) in [6, 6.07) is 14.7. The maximum absolute atomic E-state index is 14.0. The molecule has 2 unspecified atom stereocenters. The summed E-state index contributed by atoms with van der Waals surface area (Å²) in [5.74, 6) is 1.89. The molecule has 7 nitrogen and oxygen atoms in total. The molecule has 2 aromatic rings. The van der Waals surface area contributed by atoms with Crippen molar-refractivity contribution in [1.82, 2.24) is 15.5 Å². The van der Waals surface area contributed by atoms with E-state index in [0.717, 1.165) is 24.8 Å². The van der Waals surface area contributed by atoms with E-state index in [1.807, 2.05) is 30.3 Å². The lowest BCUT2D eigenvalue weighted by molar-refractivity contribution is -0.142. The summed E-state index contributed by atoms with van der Waals surface area (Å²) in [6.45, 7) is 7.99. The van der Waals surface area contributed by atoms with Crippen LogP contribution in [0, 0.1) is 12.3 Å². The Balaban J connectivity index is 2.42. The number of rotatable bonds is 13. The number of terminal acetylenes is 1. The van der Waals surface area contributed by atoms with Crippen LogP contribution in [0.2, 0.25) is 0 Å². The first-order valence-electron chi connectivity index (χ1n) is 13.4. The van der Waals surface area contributed by atoms with E-state index in [-0.39, 0.29) is 11.7 Å². The third-order valence-electron chi connectivity index (χ3n) is 5.97. The molecule has 39 heavy (non-hydrogen) atoms. The zero-order valence-electron chi connectivity index (χ0n) is 23.4. The van der Waals surface area contributed by atoms with Crippen LogP contribution < -0.4 is 10.6 Å². The minimum absolute atomic E-state index is 0.0396. The van der Waals surface area contributed by atoms with Gasteiger partial charge in [-0.15, -0.1) is 6.42 Å². The third-order valence-corrected chi connectivity index (χ3v) is 6.34. The number of amides is 3. The Morgan fingerprint density at radius 3 is 2.26 bits per heavy atom. The van der Waals surface area contributed by atoms with Gasteiger partial charge in [0.2, 0.25) is 11.8 Å². The highest BCUT2D eigenvalue weighted by Gasteiger charge is 2.35. The highest BCUT2D eigenvalue weighted by Crippen LogP contribution is 2.25. The van der Waals surface area contributed by atoms with Gasteiger partial charge >= 0.3 is 6.09 Å². The largest absolute Gasteiger partial charge is 0.444 e. The van der Waals surface area contributed by atoms with E-state index in [4.69, 9.17) is 11.2 Å². The average molecular weight is 552 g/mol. The second-order valence-corrected chi connectivity index (χ2v) is 10.7. The number of hydrogen-bond donors (Lipinski definition) is 3. The second-order valence-electron chi connectivity index (χ2n) is 10.3. The van der Waals surface area contributed by atoms with Crippen molar-refractivity contribution in [1.29, 1.82) is 0 Å². The van der Waals surface area contributed by atoms with E-state index < -0.39 is 29.7 Å². The molecule has 0 aliphatic carbocycles. The van der Waals surface area contributed by atoms with Gasteiger partial charge in [0.05, 0.1) is 0 Å². The predicted molar refractivity (Wildman–Crippen MR) is 158 cm³/mol. The van der Waals surface area contributed by atoms with Gasteiger partial charge in [0, 0.05) is 24.4 Å². The Bertz CT molecular complexity index is 1110. The maximum Gasteiger partial charge on any atom is 0.408 e. The van der Waals surface area contributed by atoms with Crippen molar-refractivity contribution < 1.29 is 19.1 Å². The van der Waals surface area contributed by atoms with Crippen molar-refractivity contribution in [2.45, 2.75) is 77.6 Å². The molecule has 0 aliphatic rings. The maximum atomic E-state index is 14.0. The van der Waals surface area contributed by atoms with Crippen LogP contribution in [0.25, 0.3) is 0 Å². The fourth-order valence-electron chi connectivity index (χ4n) is 4.03. The lowest BCUT2D eigenvalue weighted by Gasteiger charge is -2.34. The molecule has 0 bridgehead atoms. The zero-order chi connectivity index (χ0) is 28.8. The molecule has 0 heterocycles. The highest BCUT2D eigenvalue weighted by molar-refractivity contribution is 7.80. The van der Waals surface area contributed by atoms with Crippen molar-refractivity contribution in [3.05, 3.63) is 71.3 Å². The van der Waals surface area contributed by atoms with Gasteiger partial charge in [-0.1, -0.05) is 74.6 Å². The van der Waals surface area contributed by atoms with Crippen molar-refractivity contribution in [3.8, 4) is 12.3 Å². The number of unbranched alkanes of at least 4 members (excludes halogenated alkanes) is 3. The Hall–Kier alpha value is -3.44. The number of benzene rings is 2. The number of nitrogens with one attached hydrogen (secondary N) is 2. The van der Waals surface area contributed by atoms with E-state index in [9.17, 15) is 14.4 Å². The van der Waals surface area contributed by atoms with Gasteiger partial charge in [0.1, 0.15) is 17.7 Å². The minimum Gasteiger partial charge on any atom is -0.444 e. The molecule has 0 spiro atoms. The van der Waals surface area contributed by atoms with Crippen molar-refractivity contribution in [2.24, 2.45) is 0 Å². The van der Waals surface area contributed by atoms with Crippen LogP contribution in [0.5, 0.6) is 0 Å². The van der Waals surface area contributed by atoms with Gasteiger partial charge in [0.25, 0.3) is 0 Å². The van der Waals surface area contributed by atoms with E-state index >= 15 is 0 Å². The molecule has 0 fully saturated rings. The van der Waals surface area contributed by atoms with Crippen LogP contribution in [0.3, 0.4) is 0 Å². The van der Waals surface area contributed by atoms with Gasteiger partial charge in [-0.3, -0.25) is 9.59 Å². The Morgan fingerprint density at radius 2 is 1.69 bits per heavy atom. The summed E-state index contributed by atoms with van der Waals surface area (Å²) >= 11 is 4.34. The van der Waals surface area contributed by atoms with Crippen molar-refractivity contribution in [2.75, 3.05) is 12.3 Å². The number of carbonyl (C=O) groups is 3. The molecule has 0 saturated carbocycles. The smallest absolute Gasteiger partial charge is 0.408 e. The molecule has 0 radical (unpaired) electrons. The van der Waals surface area contributed by atoms with Crippen LogP contribution in [0.1, 0.15) is 76.1 Å². The van der Waals surface area contributed by atoms with Crippen LogP contribution in [0.4, 0.5) is 4.79 Å². The Kier molecular flexibility index (Phi) is 12.9. The van der Waals surface area contributed by atoms with Crippen LogP contribution in [-0.4, -0.2) is 46.7 Å². The summed E-state index contributed by atoms with van der Waals surface area (Å²) in [7, 11) is 0. The molecule has 210 valence electrons. The van der Waals surface area contributed by atoms with Gasteiger partial charge in [-0.05, 0) is 50.5 Å². The molecule has 2 N–H and O–H groups in total. The van der Waals surface area contributed by atoms with Gasteiger partial charge in [-0.2, -0.15) is 12.6 Å². The molecule has 3 amide bonds. The lowest BCUT2D eigenvalue weighted by Crippen LogP contribution is -2.54. The molecule has 2 rings (SSSR count). The number of nitrogens with zero attached hydrogens (tertiary/aromatic N) is 1. The first-order chi connectivity index (χ1) is 18.6. The van der Waals surface area contributed by atoms with Crippen LogP contribution >= 0.6 is 12.6 Å². The SMILES string of the molecule is C#Cc1ccc(C(C(=O)NCc2ccccc2)N(CCCCCC)C(=O)C(CS)NC(=O)OC(C)(C)C)cc1. The van der Waals surface area contributed by atoms with E-state index in [2.05, 4.69) is 36.1 Å². The normalized spacial score (nSPS) is 12.5. The first kappa shape index (κ1) is 31.8. The lowest BCUT2D eigenvalue weighted by atomic mass is 10.0. The van der Waals surface area contributed by atoms with E-state index in [0.29, 0.717) is 30.6 Å². The number of carbonyl (C=O) groups excluding carboxylic acids is 3. The van der Waals surface area contributed by atoms with Gasteiger partial charge in [-0.25, -0.2) is 4.79 Å². The highest BCUT2D eigenvalue weighted by atomic mass is 32.1. The summed E-state index contributed by atoms with van der Waals surface area (Å²) < 4.78 is 5.37. The fraction of sp³-hybridized carbons (Fsp3) is 0.452. The fourth-order valence-corrected chi connectivity index (χ4v) is 4.27. The predicted octanol–water partition coefficient (Wildman–Crippen LogP) is 5.26. The topological polar surface area (TPSA) is 87.7 Å². The van der Waals surface area contributed by atoms with Crippen molar-refractivity contribution in [3.63, 3.8) is 0 Å². The molecular weight excluding hydrogens is 510 g/mol. The molecule has 2 aromatic carbocycles. The minimum atomic E-state index is -0.983. The number of ether oxygens (including phenoxy) is 1. The number of alkyl carbamates (subject to hydrolysis) is 1. The Labute approximate surface area is 238 Å². The number of thiol groups is 1. The molecule has 0 saturated heterocycles. The van der Waals surface area contributed by atoms with E-state index in [1.165, 1.54) is 0 Å². The first-order valence-corrected chi connectivity index (χ1v) is 14.0. The number of hydrogen-bond acceptors (Lipinski definition) is 5. The van der Waals surface area contributed by atoms with E-state index in [1.54, 1.807) is 49.9 Å². The van der Waals surface area contributed by atoms with Crippen LogP contribution in [0.15, 0.2) is 54.6 Å². The monoisotopic (exact) mass is 551 g/mol. The average Bonchev–Trinajstić information content (AvgIpc) is 2.91. The zero-order valence-corrected chi connectivity index (χ0v) is 24.3. The van der Waals surface area contributed by atoms with Crippen LogP contribution in [-0.2, 0) is 20.9 Å².